The summed E-state index contributed by atoms with van der Waals surface area (Å²) in [7, 11) is 0. The molecule has 0 saturated carbocycles. The first-order valence-corrected chi connectivity index (χ1v) is 6.61. The monoisotopic (exact) mass is 262 g/mol. The van der Waals surface area contributed by atoms with Crippen LogP contribution in [0.2, 0.25) is 5.02 Å². The van der Waals surface area contributed by atoms with Crippen molar-refractivity contribution in [1.82, 2.24) is 14.8 Å². The third kappa shape index (κ3) is 1.97. The van der Waals surface area contributed by atoms with Crippen molar-refractivity contribution in [1.29, 1.82) is 0 Å². The molecule has 0 radical (unpaired) electrons. The summed E-state index contributed by atoms with van der Waals surface area (Å²) in [5.74, 6) is 1.92. The highest BCUT2D eigenvalue weighted by Gasteiger charge is 2.17. The lowest BCUT2D eigenvalue weighted by atomic mass is 10.2. The predicted molar refractivity (Wildman–Crippen MR) is 72.4 cm³/mol. The number of benzene rings is 1. The second kappa shape index (κ2) is 4.61. The van der Waals surface area contributed by atoms with Crippen molar-refractivity contribution in [3.8, 4) is 11.4 Å². The fraction of sp³-hybridized carbons (Fsp3) is 0.385. The lowest BCUT2D eigenvalue weighted by Crippen LogP contribution is -2.03. The van der Waals surface area contributed by atoms with Gasteiger partial charge in [-0.2, -0.15) is 0 Å². The molecule has 5 heteroatoms. The average molecular weight is 263 g/mol. The van der Waals surface area contributed by atoms with Crippen molar-refractivity contribution >= 4 is 17.3 Å². The van der Waals surface area contributed by atoms with Gasteiger partial charge in [-0.15, -0.1) is 10.2 Å². The van der Waals surface area contributed by atoms with E-state index in [9.17, 15) is 0 Å². The molecule has 2 heterocycles. The Balaban J connectivity index is 2.09. The van der Waals surface area contributed by atoms with Crippen molar-refractivity contribution in [2.75, 3.05) is 5.73 Å². The SMILES string of the molecule is Nc1ccc(-c2nnc3n2CCCCC3)c(Cl)c1. The van der Waals surface area contributed by atoms with Gasteiger partial charge in [-0.05, 0) is 31.0 Å². The Morgan fingerprint density at radius 2 is 2.06 bits per heavy atom. The van der Waals surface area contributed by atoms with Gasteiger partial charge in [0.25, 0.3) is 0 Å². The average Bonchev–Trinajstić information content (AvgIpc) is 2.59. The minimum atomic E-state index is 0.634. The maximum Gasteiger partial charge on any atom is 0.165 e. The van der Waals surface area contributed by atoms with E-state index in [0.717, 1.165) is 30.2 Å². The summed E-state index contributed by atoms with van der Waals surface area (Å²) in [6.07, 6.45) is 4.61. The van der Waals surface area contributed by atoms with Crippen molar-refractivity contribution in [3.05, 3.63) is 29.0 Å². The van der Waals surface area contributed by atoms with E-state index in [1.807, 2.05) is 12.1 Å². The van der Waals surface area contributed by atoms with E-state index >= 15 is 0 Å². The zero-order valence-corrected chi connectivity index (χ0v) is 10.8. The maximum atomic E-state index is 6.24. The molecule has 4 nitrogen and oxygen atoms in total. The molecule has 2 N–H and O–H groups in total. The summed E-state index contributed by atoms with van der Waals surface area (Å²) in [5.41, 5.74) is 7.29. The number of nitrogens with zero attached hydrogens (tertiary/aromatic N) is 3. The molecule has 0 fully saturated rings. The minimum absolute atomic E-state index is 0.634. The number of rotatable bonds is 1. The Morgan fingerprint density at radius 1 is 1.17 bits per heavy atom. The highest BCUT2D eigenvalue weighted by Crippen LogP contribution is 2.30. The van der Waals surface area contributed by atoms with Gasteiger partial charge in [-0.25, -0.2) is 0 Å². The van der Waals surface area contributed by atoms with E-state index in [1.165, 1.54) is 19.3 Å². The van der Waals surface area contributed by atoms with E-state index < -0.39 is 0 Å². The van der Waals surface area contributed by atoms with Gasteiger partial charge in [0.1, 0.15) is 5.82 Å². The van der Waals surface area contributed by atoms with Crippen LogP contribution < -0.4 is 5.73 Å². The van der Waals surface area contributed by atoms with Crippen LogP contribution in [0.1, 0.15) is 25.1 Å². The summed E-state index contributed by atoms with van der Waals surface area (Å²) in [6, 6.07) is 5.52. The van der Waals surface area contributed by atoms with Crippen LogP contribution in [0.25, 0.3) is 11.4 Å². The van der Waals surface area contributed by atoms with Gasteiger partial charge in [-0.1, -0.05) is 18.0 Å². The molecule has 2 aromatic rings. The molecule has 0 aliphatic carbocycles. The summed E-state index contributed by atoms with van der Waals surface area (Å²) in [6.45, 7) is 0.971. The van der Waals surface area contributed by atoms with E-state index in [1.54, 1.807) is 6.07 Å². The smallest absolute Gasteiger partial charge is 0.165 e. The van der Waals surface area contributed by atoms with Crippen LogP contribution in [-0.4, -0.2) is 14.8 Å². The second-order valence-corrected chi connectivity index (χ2v) is 5.05. The van der Waals surface area contributed by atoms with Crippen molar-refractivity contribution in [2.24, 2.45) is 0 Å². The maximum absolute atomic E-state index is 6.24. The second-order valence-electron chi connectivity index (χ2n) is 4.64. The molecule has 1 aliphatic heterocycles. The normalized spacial score (nSPS) is 15.2. The van der Waals surface area contributed by atoms with Gasteiger partial charge in [0.05, 0.1) is 5.02 Å². The number of hydrogen-bond acceptors (Lipinski definition) is 3. The van der Waals surface area contributed by atoms with Crippen LogP contribution in [0.3, 0.4) is 0 Å². The number of fused-ring (bicyclic) bond motifs is 1. The summed E-state index contributed by atoms with van der Waals surface area (Å²) in [5, 5.41) is 9.20. The molecule has 0 bridgehead atoms. The summed E-state index contributed by atoms with van der Waals surface area (Å²) in [4.78, 5) is 0. The number of halogens is 1. The molecular formula is C13H15ClN4. The van der Waals surface area contributed by atoms with Crippen LogP contribution >= 0.6 is 11.6 Å². The van der Waals surface area contributed by atoms with Crippen LogP contribution in [0.5, 0.6) is 0 Å². The molecule has 0 unspecified atom stereocenters. The molecule has 1 aromatic heterocycles. The Hall–Kier alpha value is -1.55. The number of hydrogen-bond donors (Lipinski definition) is 1. The fourth-order valence-electron chi connectivity index (χ4n) is 2.40. The molecule has 0 atom stereocenters. The Kier molecular flexibility index (Phi) is 2.96. The molecule has 0 saturated heterocycles. The Morgan fingerprint density at radius 3 is 2.89 bits per heavy atom. The molecule has 3 rings (SSSR count). The zero-order valence-electron chi connectivity index (χ0n) is 10.1. The number of aromatic nitrogens is 3. The largest absolute Gasteiger partial charge is 0.399 e. The quantitative estimate of drug-likeness (QED) is 0.804. The predicted octanol–water partition coefficient (Wildman–Crippen LogP) is 2.91. The number of nitrogen functional groups attached to an aromatic ring is 1. The molecule has 1 aliphatic rings. The van der Waals surface area contributed by atoms with Gasteiger partial charge in [0, 0.05) is 24.2 Å². The van der Waals surface area contributed by atoms with Gasteiger partial charge >= 0.3 is 0 Å². The molecule has 0 amide bonds. The van der Waals surface area contributed by atoms with Gasteiger partial charge < -0.3 is 10.3 Å². The minimum Gasteiger partial charge on any atom is -0.399 e. The van der Waals surface area contributed by atoms with Crippen LogP contribution in [0, 0.1) is 0 Å². The first-order chi connectivity index (χ1) is 8.75. The number of nitrogens with two attached hydrogens (primary N) is 1. The van der Waals surface area contributed by atoms with E-state index in [4.69, 9.17) is 17.3 Å². The number of anilines is 1. The highest BCUT2D eigenvalue weighted by molar-refractivity contribution is 6.33. The number of aryl methyl sites for hydroxylation is 1. The Bertz CT molecular complexity index is 576. The third-order valence-corrected chi connectivity index (χ3v) is 3.66. The Labute approximate surface area is 111 Å². The molecular weight excluding hydrogens is 248 g/mol. The lowest BCUT2D eigenvalue weighted by molar-refractivity contribution is 0.636. The highest BCUT2D eigenvalue weighted by atomic mass is 35.5. The van der Waals surface area contributed by atoms with Crippen molar-refractivity contribution in [2.45, 2.75) is 32.2 Å². The fourth-order valence-corrected chi connectivity index (χ4v) is 2.67. The van der Waals surface area contributed by atoms with E-state index in [0.29, 0.717) is 10.7 Å². The summed E-state index contributed by atoms with van der Waals surface area (Å²) >= 11 is 6.24. The van der Waals surface area contributed by atoms with Crippen molar-refractivity contribution in [3.63, 3.8) is 0 Å². The third-order valence-electron chi connectivity index (χ3n) is 3.34. The first-order valence-electron chi connectivity index (χ1n) is 6.23. The molecule has 18 heavy (non-hydrogen) atoms. The van der Waals surface area contributed by atoms with Crippen LogP contribution in [0.4, 0.5) is 5.69 Å². The van der Waals surface area contributed by atoms with Gasteiger partial charge in [0.15, 0.2) is 5.82 Å². The zero-order chi connectivity index (χ0) is 12.5. The first kappa shape index (κ1) is 11.5. The topological polar surface area (TPSA) is 56.7 Å². The summed E-state index contributed by atoms with van der Waals surface area (Å²) < 4.78 is 2.18. The lowest BCUT2D eigenvalue weighted by Gasteiger charge is -2.08. The van der Waals surface area contributed by atoms with E-state index in [-0.39, 0.29) is 0 Å². The molecule has 1 aromatic carbocycles. The van der Waals surface area contributed by atoms with Crippen LogP contribution in [-0.2, 0) is 13.0 Å². The van der Waals surface area contributed by atoms with Crippen LogP contribution in [0.15, 0.2) is 18.2 Å². The standard InChI is InChI=1S/C13H15ClN4/c14-11-8-9(15)5-6-10(11)13-17-16-12-4-2-1-3-7-18(12)13/h5-6,8H,1-4,7,15H2. The molecule has 94 valence electrons. The van der Waals surface area contributed by atoms with Gasteiger partial charge in [0.2, 0.25) is 0 Å². The van der Waals surface area contributed by atoms with E-state index in [2.05, 4.69) is 14.8 Å². The van der Waals surface area contributed by atoms with Crippen molar-refractivity contribution < 1.29 is 0 Å². The molecule has 0 spiro atoms. The van der Waals surface area contributed by atoms with Gasteiger partial charge in [-0.3, -0.25) is 0 Å².